The maximum Gasteiger partial charge on any atom is 0.0628 e. The Kier molecular flexibility index (Phi) is 1.08. The predicted molar refractivity (Wildman–Crippen MR) is 37.4 cm³/mol. The van der Waals surface area contributed by atoms with Crippen molar-refractivity contribution >= 4 is 0 Å². The monoisotopic (exact) mass is 129 g/mol. The molecule has 1 unspecified atom stereocenters. The minimum absolute atomic E-state index is 0. The van der Waals surface area contributed by atoms with Crippen molar-refractivity contribution in [1.82, 2.24) is 5.32 Å². The highest BCUT2D eigenvalue weighted by molar-refractivity contribution is 4.99. The molecule has 2 aliphatic rings. The standard InChI is InChI=1S/C7H13NO.H2/c1-6-7(2-3-9-6)4-8-5-7;/h6,8H,2-5H2,1H3;1H. The molecule has 2 nitrogen and oxygen atoms in total. The zero-order chi connectivity index (χ0) is 6.32. The van der Waals surface area contributed by atoms with Crippen LogP contribution in [0, 0.1) is 5.41 Å². The van der Waals surface area contributed by atoms with Gasteiger partial charge in [0.1, 0.15) is 0 Å². The summed E-state index contributed by atoms with van der Waals surface area (Å²) in [5.41, 5.74) is 0.542. The summed E-state index contributed by atoms with van der Waals surface area (Å²) in [5, 5.41) is 3.29. The molecular formula is C7H15NO. The van der Waals surface area contributed by atoms with Gasteiger partial charge in [-0.1, -0.05) is 0 Å². The number of nitrogens with one attached hydrogen (secondary N) is 1. The van der Waals surface area contributed by atoms with E-state index in [0.29, 0.717) is 11.5 Å². The van der Waals surface area contributed by atoms with E-state index < -0.39 is 0 Å². The summed E-state index contributed by atoms with van der Waals surface area (Å²) >= 11 is 0. The van der Waals surface area contributed by atoms with Gasteiger partial charge in [0.05, 0.1) is 6.10 Å². The number of ether oxygens (including phenoxy) is 1. The maximum absolute atomic E-state index is 5.47. The van der Waals surface area contributed by atoms with Crippen LogP contribution in [-0.2, 0) is 4.74 Å². The topological polar surface area (TPSA) is 21.3 Å². The fourth-order valence-electron chi connectivity index (χ4n) is 1.73. The van der Waals surface area contributed by atoms with E-state index in [2.05, 4.69) is 12.2 Å². The number of rotatable bonds is 0. The first-order valence-electron chi connectivity index (χ1n) is 3.66. The normalized spacial score (nSPS) is 39.0. The fraction of sp³-hybridized carbons (Fsp3) is 1.00. The lowest BCUT2D eigenvalue weighted by Crippen LogP contribution is -2.56. The second-order valence-corrected chi connectivity index (χ2v) is 3.23. The highest BCUT2D eigenvalue weighted by Gasteiger charge is 2.45. The van der Waals surface area contributed by atoms with Crippen molar-refractivity contribution in [2.45, 2.75) is 19.4 Å². The molecule has 1 N–H and O–H groups in total. The fourth-order valence-corrected chi connectivity index (χ4v) is 1.73. The average molecular weight is 129 g/mol. The van der Waals surface area contributed by atoms with Crippen LogP contribution in [0.1, 0.15) is 14.8 Å². The summed E-state index contributed by atoms with van der Waals surface area (Å²) in [6.45, 7) is 5.51. The zero-order valence-electron chi connectivity index (χ0n) is 5.81. The van der Waals surface area contributed by atoms with E-state index in [4.69, 9.17) is 4.74 Å². The first kappa shape index (κ1) is 5.69. The summed E-state index contributed by atoms with van der Waals surface area (Å²) < 4.78 is 5.47. The van der Waals surface area contributed by atoms with Crippen molar-refractivity contribution in [3.63, 3.8) is 0 Å². The molecule has 2 heterocycles. The van der Waals surface area contributed by atoms with Gasteiger partial charge in [-0.05, 0) is 13.3 Å². The van der Waals surface area contributed by atoms with Crippen LogP contribution in [0.15, 0.2) is 0 Å². The molecule has 0 aromatic carbocycles. The summed E-state index contributed by atoms with van der Waals surface area (Å²) in [7, 11) is 0. The van der Waals surface area contributed by atoms with Gasteiger partial charge in [-0.15, -0.1) is 0 Å². The van der Waals surface area contributed by atoms with Gasteiger partial charge in [0, 0.05) is 26.5 Å². The Hall–Kier alpha value is -0.0800. The first-order chi connectivity index (χ1) is 4.33. The Morgan fingerprint density at radius 3 is 2.67 bits per heavy atom. The SMILES string of the molecule is CC1OCCC12CNC2.[HH]. The van der Waals surface area contributed by atoms with Crippen LogP contribution in [0.4, 0.5) is 0 Å². The van der Waals surface area contributed by atoms with Crippen molar-refractivity contribution < 1.29 is 6.16 Å². The molecule has 0 aromatic rings. The van der Waals surface area contributed by atoms with E-state index in [1.165, 1.54) is 19.5 Å². The Bertz CT molecular complexity index is 125. The summed E-state index contributed by atoms with van der Waals surface area (Å²) in [6.07, 6.45) is 1.76. The molecule has 0 saturated carbocycles. The number of hydrogen-bond donors (Lipinski definition) is 1. The smallest absolute Gasteiger partial charge is 0.0628 e. The third-order valence-electron chi connectivity index (χ3n) is 2.78. The van der Waals surface area contributed by atoms with Crippen molar-refractivity contribution in [1.29, 1.82) is 0 Å². The van der Waals surface area contributed by atoms with E-state index >= 15 is 0 Å². The van der Waals surface area contributed by atoms with Crippen molar-refractivity contribution in [2.24, 2.45) is 5.41 Å². The van der Waals surface area contributed by atoms with Crippen LogP contribution >= 0.6 is 0 Å². The lowest BCUT2D eigenvalue weighted by molar-refractivity contribution is 0.0335. The van der Waals surface area contributed by atoms with Gasteiger partial charge >= 0.3 is 0 Å². The molecule has 9 heavy (non-hydrogen) atoms. The molecule has 1 spiro atoms. The third-order valence-corrected chi connectivity index (χ3v) is 2.78. The van der Waals surface area contributed by atoms with E-state index in [1.807, 2.05) is 0 Å². The molecule has 0 bridgehead atoms. The van der Waals surface area contributed by atoms with Crippen LogP contribution in [0.3, 0.4) is 0 Å². The van der Waals surface area contributed by atoms with Crippen LogP contribution in [0.2, 0.25) is 0 Å². The molecule has 2 fully saturated rings. The van der Waals surface area contributed by atoms with E-state index in [0.717, 1.165) is 6.61 Å². The number of hydrogen-bond acceptors (Lipinski definition) is 2. The summed E-state index contributed by atoms with van der Waals surface area (Å²) in [5.74, 6) is 0. The van der Waals surface area contributed by atoms with Crippen LogP contribution in [0.25, 0.3) is 0 Å². The van der Waals surface area contributed by atoms with Gasteiger partial charge in [0.25, 0.3) is 0 Å². The first-order valence-corrected chi connectivity index (χ1v) is 3.66. The zero-order valence-corrected chi connectivity index (χ0v) is 5.81. The Morgan fingerprint density at radius 1 is 1.67 bits per heavy atom. The molecule has 0 aliphatic carbocycles. The molecule has 0 amide bonds. The van der Waals surface area contributed by atoms with Crippen LogP contribution in [0.5, 0.6) is 0 Å². The molecule has 0 radical (unpaired) electrons. The third kappa shape index (κ3) is 0.634. The molecule has 2 aliphatic heterocycles. The van der Waals surface area contributed by atoms with Gasteiger partial charge < -0.3 is 10.1 Å². The average Bonchev–Trinajstić information content (AvgIpc) is 2.07. The molecule has 1 atom stereocenters. The van der Waals surface area contributed by atoms with Crippen molar-refractivity contribution in [3.05, 3.63) is 0 Å². The maximum atomic E-state index is 5.47. The lowest BCUT2D eigenvalue weighted by atomic mass is 9.76. The van der Waals surface area contributed by atoms with Gasteiger partial charge in [0.2, 0.25) is 0 Å². The molecule has 0 aromatic heterocycles. The van der Waals surface area contributed by atoms with Crippen LogP contribution in [-0.4, -0.2) is 25.8 Å². The second-order valence-electron chi connectivity index (χ2n) is 3.23. The molecule has 2 rings (SSSR count). The van der Waals surface area contributed by atoms with Gasteiger partial charge in [0.15, 0.2) is 0 Å². The van der Waals surface area contributed by atoms with Gasteiger partial charge in [-0.3, -0.25) is 0 Å². The van der Waals surface area contributed by atoms with E-state index in [9.17, 15) is 0 Å². The predicted octanol–water partition coefficient (Wildman–Crippen LogP) is 0.631. The molecule has 54 valence electrons. The van der Waals surface area contributed by atoms with Crippen molar-refractivity contribution in [2.75, 3.05) is 19.7 Å². The van der Waals surface area contributed by atoms with Gasteiger partial charge in [-0.25, -0.2) is 0 Å². The van der Waals surface area contributed by atoms with Crippen LogP contribution < -0.4 is 5.32 Å². The second kappa shape index (κ2) is 1.70. The quantitative estimate of drug-likeness (QED) is 0.518. The summed E-state index contributed by atoms with van der Waals surface area (Å²) in [6, 6.07) is 0. The minimum atomic E-state index is 0. The van der Waals surface area contributed by atoms with E-state index in [-0.39, 0.29) is 1.43 Å². The largest absolute Gasteiger partial charge is 0.378 e. The van der Waals surface area contributed by atoms with E-state index in [1.54, 1.807) is 0 Å². The Balaban J connectivity index is 0.000000500. The summed E-state index contributed by atoms with van der Waals surface area (Å²) in [4.78, 5) is 0. The molecular weight excluding hydrogens is 114 g/mol. The molecule has 2 heteroatoms. The van der Waals surface area contributed by atoms with Crippen molar-refractivity contribution in [3.8, 4) is 0 Å². The highest BCUT2D eigenvalue weighted by Crippen LogP contribution is 2.37. The lowest BCUT2D eigenvalue weighted by Gasteiger charge is -2.41. The highest BCUT2D eigenvalue weighted by atomic mass is 16.5. The van der Waals surface area contributed by atoms with Gasteiger partial charge in [-0.2, -0.15) is 0 Å². The minimum Gasteiger partial charge on any atom is -0.378 e. The Morgan fingerprint density at radius 2 is 2.44 bits per heavy atom. The Labute approximate surface area is 57.1 Å². The molecule has 2 saturated heterocycles.